The minimum Gasteiger partial charge on any atom is -0.490 e. The summed E-state index contributed by atoms with van der Waals surface area (Å²) in [6.45, 7) is 0.210. The van der Waals surface area contributed by atoms with Crippen molar-refractivity contribution in [3.63, 3.8) is 0 Å². The highest BCUT2D eigenvalue weighted by Gasteiger charge is 2.39. The molecule has 0 aromatic heterocycles. The number of rotatable bonds is 4. The van der Waals surface area contributed by atoms with Crippen molar-refractivity contribution in [2.45, 2.75) is 37.5 Å². The molecular weight excluding hydrogens is 431 g/mol. The van der Waals surface area contributed by atoms with Crippen molar-refractivity contribution < 1.29 is 33.0 Å². The number of nitrogens with zero attached hydrogens (tertiary/aromatic N) is 1. The topological polar surface area (TPSA) is 94.2 Å². The van der Waals surface area contributed by atoms with Gasteiger partial charge < -0.3 is 24.4 Å². The summed E-state index contributed by atoms with van der Waals surface area (Å²) in [5, 5.41) is 2.69. The Morgan fingerprint density at radius 1 is 1.21 bits per heavy atom. The molecule has 1 saturated heterocycles. The maximum atomic E-state index is 13.4. The largest absolute Gasteiger partial charge is 0.490 e. The van der Waals surface area contributed by atoms with Gasteiger partial charge in [-0.3, -0.25) is 14.4 Å². The summed E-state index contributed by atoms with van der Waals surface area (Å²) in [5.41, 5.74) is 0.873. The van der Waals surface area contributed by atoms with E-state index in [1.54, 1.807) is 30.1 Å². The second-order valence-electron chi connectivity index (χ2n) is 8.12. The van der Waals surface area contributed by atoms with E-state index in [0.717, 1.165) is 6.07 Å². The van der Waals surface area contributed by atoms with Gasteiger partial charge >= 0.3 is 5.97 Å². The quantitative estimate of drug-likeness (QED) is 0.711. The van der Waals surface area contributed by atoms with Crippen molar-refractivity contribution in [1.82, 2.24) is 4.90 Å². The Morgan fingerprint density at radius 3 is 2.79 bits per heavy atom. The molecule has 0 radical (unpaired) electrons. The molecule has 3 atom stereocenters. The molecule has 2 aliphatic rings. The van der Waals surface area contributed by atoms with E-state index in [0.29, 0.717) is 29.8 Å². The third-order valence-electron chi connectivity index (χ3n) is 5.98. The number of fused-ring (bicyclic) bond motifs is 2. The lowest BCUT2D eigenvalue weighted by atomic mass is 9.94. The minimum atomic E-state index is -0.510. The number of nitrogens with one attached hydrogen (secondary N) is 1. The zero-order valence-electron chi connectivity index (χ0n) is 18.4. The van der Waals surface area contributed by atoms with E-state index in [1.165, 1.54) is 25.3 Å². The van der Waals surface area contributed by atoms with Crippen LogP contribution < -0.4 is 10.1 Å². The molecule has 2 aromatic carbocycles. The summed E-state index contributed by atoms with van der Waals surface area (Å²) < 4.78 is 30.1. The van der Waals surface area contributed by atoms with Crippen LogP contribution in [-0.2, 0) is 14.3 Å². The number of carbonyl (C=O) groups is 3. The lowest BCUT2D eigenvalue weighted by molar-refractivity contribution is -0.151. The molecule has 4 rings (SSSR count). The highest BCUT2D eigenvalue weighted by Crippen LogP contribution is 2.32. The second-order valence-corrected chi connectivity index (χ2v) is 8.12. The minimum absolute atomic E-state index is 0.155. The maximum absolute atomic E-state index is 13.4. The first-order chi connectivity index (χ1) is 15.9. The smallest absolute Gasteiger partial charge is 0.308 e. The number of carbonyl (C=O) groups excluding carboxylic acids is 3. The van der Waals surface area contributed by atoms with E-state index in [2.05, 4.69) is 5.32 Å². The van der Waals surface area contributed by atoms with Gasteiger partial charge in [-0.2, -0.15) is 0 Å². The third kappa shape index (κ3) is 4.98. The fourth-order valence-corrected chi connectivity index (χ4v) is 4.21. The Balaban J connectivity index is 1.52. The van der Waals surface area contributed by atoms with Crippen molar-refractivity contribution in [3.8, 4) is 5.75 Å². The fraction of sp³-hybridized carbons (Fsp3) is 0.375. The van der Waals surface area contributed by atoms with Gasteiger partial charge in [0.1, 0.15) is 24.3 Å². The zero-order valence-corrected chi connectivity index (χ0v) is 18.4. The molecule has 1 fully saturated rings. The van der Waals surface area contributed by atoms with Crippen molar-refractivity contribution in [2.75, 3.05) is 26.1 Å². The summed E-state index contributed by atoms with van der Waals surface area (Å²) in [4.78, 5) is 39.0. The second kappa shape index (κ2) is 9.58. The van der Waals surface area contributed by atoms with Crippen LogP contribution in [0.25, 0.3) is 0 Å². The summed E-state index contributed by atoms with van der Waals surface area (Å²) in [5.74, 6) is -1.24. The summed E-state index contributed by atoms with van der Waals surface area (Å²) >= 11 is 0. The molecule has 0 unspecified atom stereocenters. The number of likely N-dealkylation sites (N-methyl/N-ethyl adjacent to an activating group) is 1. The van der Waals surface area contributed by atoms with Crippen LogP contribution >= 0.6 is 0 Å². The lowest BCUT2D eigenvalue weighted by Crippen LogP contribution is -2.53. The van der Waals surface area contributed by atoms with Gasteiger partial charge in [0.15, 0.2) is 0 Å². The molecule has 0 aliphatic carbocycles. The van der Waals surface area contributed by atoms with Gasteiger partial charge in [0.2, 0.25) is 0 Å². The Morgan fingerprint density at radius 2 is 2.03 bits per heavy atom. The van der Waals surface area contributed by atoms with Crippen LogP contribution in [0.5, 0.6) is 5.75 Å². The monoisotopic (exact) mass is 456 g/mol. The van der Waals surface area contributed by atoms with E-state index in [4.69, 9.17) is 14.2 Å². The number of halogens is 1. The van der Waals surface area contributed by atoms with Gasteiger partial charge in [0.25, 0.3) is 11.8 Å². The molecule has 0 bridgehead atoms. The third-order valence-corrected chi connectivity index (χ3v) is 5.98. The number of hydrogen-bond donors (Lipinski definition) is 1. The SMILES string of the molecule is COC(=O)C[C@@H]1CC[C@@H]2[C@H](COc3ccc(NC(=O)c4cccc(F)c4)cc3C(=O)N2C)O1. The van der Waals surface area contributed by atoms with E-state index in [9.17, 15) is 18.8 Å². The first-order valence-corrected chi connectivity index (χ1v) is 10.7. The summed E-state index contributed by atoms with van der Waals surface area (Å²) in [7, 11) is 3.04. The number of methoxy groups -OCH3 is 1. The predicted molar refractivity (Wildman–Crippen MR) is 117 cm³/mol. The van der Waals surface area contributed by atoms with Crippen molar-refractivity contribution >= 4 is 23.5 Å². The molecule has 174 valence electrons. The highest BCUT2D eigenvalue weighted by atomic mass is 19.1. The van der Waals surface area contributed by atoms with Crippen LogP contribution in [0.1, 0.15) is 40.0 Å². The van der Waals surface area contributed by atoms with Crippen molar-refractivity contribution in [3.05, 3.63) is 59.4 Å². The van der Waals surface area contributed by atoms with Gasteiger partial charge in [-0.05, 0) is 49.2 Å². The number of ether oxygens (including phenoxy) is 3. The molecule has 2 amide bonds. The van der Waals surface area contributed by atoms with Crippen LogP contribution in [0.15, 0.2) is 42.5 Å². The number of hydrogen-bond acceptors (Lipinski definition) is 6. The molecule has 8 nitrogen and oxygen atoms in total. The first-order valence-electron chi connectivity index (χ1n) is 10.7. The Bertz CT molecular complexity index is 1070. The molecule has 0 spiro atoms. The van der Waals surface area contributed by atoms with Gasteiger partial charge in [-0.25, -0.2) is 4.39 Å². The van der Waals surface area contributed by atoms with Gasteiger partial charge in [0.05, 0.1) is 31.2 Å². The van der Waals surface area contributed by atoms with Crippen molar-refractivity contribution in [1.29, 1.82) is 0 Å². The highest BCUT2D eigenvalue weighted by molar-refractivity contribution is 6.05. The fourth-order valence-electron chi connectivity index (χ4n) is 4.21. The van der Waals surface area contributed by atoms with Crippen LogP contribution in [-0.4, -0.2) is 61.7 Å². The van der Waals surface area contributed by atoms with E-state index in [-0.39, 0.29) is 48.7 Å². The van der Waals surface area contributed by atoms with Crippen molar-refractivity contribution in [2.24, 2.45) is 0 Å². The lowest BCUT2D eigenvalue weighted by Gasteiger charge is -2.42. The Labute approximate surface area is 190 Å². The summed E-state index contributed by atoms with van der Waals surface area (Å²) in [6.07, 6.45) is 0.753. The average Bonchev–Trinajstić information content (AvgIpc) is 2.81. The average molecular weight is 456 g/mol. The maximum Gasteiger partial charge on any atom is 0.308 e. The van der Waals surface area contributed by atoms with Crippen LogP contribution in [0.2, 0.25) is 0 Å². The normalized spacial score (nSPS) is 22.2. The van der Waals surface area contributed by atoms with E-state index in [1.807, 2.05) is 0 Å². The van der Waals surface area contributed by atoms with E-state index < -0.39 is 11.7 Å². The van der Waals surface area contributed by atoms with Crippen LogP contribution in [0.3, 0.4) is 0 Å². The molecule has 1 N–H and O–H groups in total. The predicted octanol–water partition coefficient (Wildman–Crippen LogP) is 3.02. The Hall–Kier alpha value is -3.46. The first kappa shape index (κ1) is 22.7. The summed E-state index contributed by atoms with van der Waals surface area (Å²) in [6, 6.07) is 9.91. The standard InChI is InChI=1S/C24H25FN2O6/c1-27-19-8-7-17(12-22(28)31-2)33-21(19)13-32-20-9-6-16(11-18(20)24(27)30)26-23(29)14-4-3-5-15(25)10-14/h3-6,9-11,17,19,21H,7-8,12-13H2,1-2H3,(H,26,29)/t17-,19+,21-/m0/s1. The molecule has 2 aromatic rings. The molecule has 33 heavy (non-hydrogen) atoms. The van der Waals surface area contributed by atoms with Gasteiger partial charge in [0, 0.05) is 18.3 Å². The van der Waals surface area contributed by atoms with Gasteiger partial charge in [-0.1, -0.05) is 6.07 Å². The van der Waals surface area contributed by atoms with Crippen LogP contribution in [0.4, 0.5) is 10.1 Å². The van der Waals surface area contributed by atoms with Gasteiger partial charge in [-0.15, -0.1) is 0 Å². The molecule has 2 heterocycles. The Kier molecular flexibility index (Phi) is 6.60. The molecule has 0 saturated carbocycles. The number of amides is 2. The number of esters is 1. The van der Waals surface area contributed by atoms with Crippen LogP contribution in [0, 0.1) is 5.82 Å². The zero-order chi connectivity index (χ0) is 23.5. The van der Waals surface area contributed by atoms with E-state index >= 15 is 0 Å². The number of anilines is 1. The molecule has 2 aliphatic heterocycles. The number of benzene rings is 2. The molecular formula is C24H25FN2O6. The molecule has 9 heteroatoms.